The van der Waals surface area contributed by atoms with Crippen molar-refractivity contribution in [3.8, 4) is 0 Å². The van der Waals surface area contributed by atoms with Gasteiger partial charge in [-0.15, -0.1) is 11.6 Å². The third kappa shape index (κ3) is 2.90. The van der Waals surface area contributed by atoms with Crippen LogP contribution in [0.15, 0.2) is 11.6 Å². The molecule has 0 aromatic rings. The first-order chi connectivity index (χ1) is 6.29. The minimum atomic E-state index is -0.186. The molecular formula is C10H14Br2Cl2. The first-order valence-electron chi connectivity index (χ1n) is 4.58. The van der Waals surface area contributed by atoms with Gasteiger partial charge in [-0.25, -0.2) is 0 Å². The molecule has 14 heavy (non-hydrogen) atoms. The van der Waals surface area contributed by atoms with Crippen molar-refractivity contribution in [1.29, 1.82) is 0 Å². The quantitative estimate of drug-likeness (QED) is 0.570. The summed E-state index contributed by atoms with van der Waals surface area (Å²) in [6.45, 7) is 4.25. The van der Waals surface area contributed by atoms with Crippen LogP contribution in [-0.2, 0) is 0 Å². The summed E-state index contributed by atoms with van der Waals surface area (Å²) in [4.78, 5) is 0.148. The third-order valence-electron chi connectivity index (χ3n) is 2.88. The smallest absolute Gasteiger partial charge is 0.0557 e. The highest BCUT2D eigenvalue weighted by molar-refractivity contribution is 9.10. The molecule has 4 atom stereocenters. The van der Waals surface area contributed by atoms with Gasteiger partial charge in [0.25, 0.3) is 0 Å². The Morgan fingerprint density at radius 2 is 2.00 bits per heavy atom. The topological polar surface area (TPSA) is 0 Å². The lowest BCUT2D eigenvalue weighted by Crippen LogP contribution is -2.47. The van der Waals surface area contributed by atoms with Crippen molar-refractivity contribution in [2.24, 2.45) is 5.92 Å². The molecule has 1 fully saturated rings. The van der Waals surface area contributed by atoms with Crippen LogP contribution in [0.1, 0.15) is 26.7 Å². The fourth-order valence-electron chi connectivity index (χ4n) is 2.00. The molecule has 0 bridgehead atoms. The molecule has 0 aromatic carbocycles. The van der Waals surface area contributed by atoms with E-state index in [4.69, 9.17) is 23.2 Å². The Morgan fingerprint density at radius 1 is 1.43 bits per heavy atom. The fourth-order valence-corrected chi connectivity index (χ4v) is 4.19. The molecule has 0 amide bonds. The molecule has 1 aliphatic rings. The van der Waals surface area contributed by atoms with E-state index in [2.05, 4.69) is 45.7 Å². The summed E-state index contributed by atoms with van der Waals surface area (Å²) in [7, 11) is 0. The average Bonchev–Trinajstić information content (AvgIpc) is 1.99. The molecule has 1 aliphatic carbocycles. The van der Waals surface area contributed by atoms with E-state index in [0.717, 1.165) is 12.8 Å². The zero-order chi connectivity index (χ0) is 11.0. The largest absolute Gasteiger partial charge is 0.118 e. The normalized spacial score (nSPS) is 49.9. The van der Waals surface area contributed by atoms with Crippen LogP contribution in [0.2, 0.25) is 0 Å². The van der Waals surface area contributed by atoms with Crippen molar-refractivity contribution in [2.75, 3.05) is 0 Å². The van der Waals surface area contributed by atoms with Gasteiger partial charge in [0.1, 0.15) is 0 Å². The summed E-state index contributed by atoms with van der Waals surface area (Å²) in [5.74, 6) is 0.427. The van der Waals surface area contributed by atoms with Gasteiger partial charge in [-0.3, -0.25) is 0 Å². The Hall–Kier alpha value is 1.28. The zero-order valence-corrected chi connectivity index (χ0v) is 12.9. The maximum absolute atomic E-state index is 6.44. The van der Waals surface area contributed by atoms with Gasteiger partial charge in [0.15, 0.2) is 0 Å². The molecule has 0 spiro atoms. The molecule has 0 N–H and O–H groups in total. The molecular weight excluding hydrogens is 351 g/mol. The van der Waals surface area contributed by atoms with E-state index in [1.54, 1.807) is 5.54 Å². The average molecular weight is 365 g/mol. The van der Waals surface area contributed by atoms with E-state index < -0.39 is 0 Å². The van der Waals surface area contributed by atoms with Crippen LogP contribution in [0.25, 0.3) is 0 Å². The van der Waals surface area contributed by atoms with Crippen molar-refractivity contribution >= 4 is 55.1 Å². The van der Waals surface area contributed by atoms with E-state index in [0.29, 0.717) is 10.7 Å². The van der Waals surface area contributed by atoms with Gasteiger partial charge in [-0.1, -0.05) is 49.5 Å². The SMILES string of the molecule is C[C@@]1(Br)C[C@@](C)(Cl)[C@@H](Br)CC1/C=C/Cl. The molecule has 0 saturated heterocycles. The van der Waals surface area contributed by atoms with E-state index in [1.165, 1.54) is 0 Å². The van der Waals surface area contributed by atoms with Gasteiger partial charge in [-0.2, -0.15) is 0 Å². The van der Waals surface area contributed by atoms with Crippen molar-refractivity contribution in [2.45, 2.75) is 40.7 Å². The van der Waals surface area contributed by atoms with Crippen LogP contribution in [0.3, 0.4) is 0 Å². The fraction of sp³-hybridized carbons (Fsp3) is 0.800. The molecule has 82 valence electrons. The second-order valence-electron chi connectivity index (χ2n) is 4.36. The second-order valence-corrected chi connectivity index (χ2v) is 8.39. The first kappa shape index (κ1) is 13.3. The molecule has 1 saturated carbocycles. The van der Waals surface area contributed by atoms with Crippen molar-refractivity contribution in [1.82, 2.24) is 0 Å². The van der Waals surface area contributed by atoms with Gasteiger partial charge in [0.2, 0.25) is 0 Å². The number of allylic oxidation sites excluding steroid dienone is 1. The molecule has 1 unspecified atom stereocenters. The molecule has 1 rings (SSSR count). The minimum Gasteiger partial charge on any atom is -0.118 e. The number of rotatable bonds is 1. The second kappa shape index (κ2) is 4.65. The Morgan fingerprint density at radius 3 is 2.50 bits per heavy atom. The van der Waals surface area contributed by atoms with Gasteiger partial charge in [0, 0.05) is 14.7 Å². The Balaban J connectivity index is 2.85. The summed E-state index contributed by atoms with van der Waals surface area (Å²) in [6, 6.07) is 0. The van der Waals surface area contributed by atoms with Crippen molar-refractivity contribution < 1.29 is 0 Å². The van der Waals surface area contributed by atoms with E-state index in [1.807, 2.05) is 6.08 Å². The third-order valence-corrected chi connectivity index (χ3v) is 5.94. The summed E-state index contributed by atoms with van der Waals surface area (Å²) >= 11 is 19.5. The molecule has 0 aromatic heterocycles. The van der Waals surface area contributed by atoms with E-state index >= 15 is 0 Å². The molecule has 4 heteroatoms. The van der Waals surface area contributed by atoms with Gasteiger partial charge in [-0.05, 0) is 32.6 Å². The maximum atomic E-state index is 6.44. The Bertz CT molecular complexity index is 236. The first-order valence-corrected chi connectivity index (χ1v) is 7.11. The van der Waals surface area contributed by atoms with Crippen molar-refractivity contribution in [3.05, 3.63) is 11.6 Å². The highest BCUT2D eigenvalue weighted by Gasteiger charge is 2.47. The molecule has 0 radical (unpaired) electrons. The van der Waals surface area contributed by atoms with Gasteiger partial charge < -0.3 is 0 Å². The molecule has 0 nitrogen and oxygen atoms in total. The minimum absolute atomic E-state index is 0.0408. The summed E-state index contributed by atoms with van der Waals surface area (Å²) in [6.07, 6.45) is 3.96. The highest BCUT2D eigenvalue weighted by Crippen LogP contribution is 2.50. The lowest BCUT2D eigenvalue weighted by Gasteiger charge is -2.45. The van der Waals surface area contributed by atoms with E-state index in [9.17, 15) is 0 Å². The Labute approximate surface area is 113 Å². The van der Waals surface area contributed by atoms with E-state index in [-0.39, 0.29) is 9.20 Å². The monoisotopic (exact) mass is 362 g/mol. The molecule has 0 heterocycles. The Kier molecular flexibility index (Phi) is 4.43. The number of alkyl halides is 3. The number of hydrogen-bond donors (Lipinski definition) is 0. The van der Waals surface area contributed by atoms with Gasteiger partial charge in [0.05, 0.1) is 4.87 Å². The van der Waals surface area contributed by atoms with Gasteiger partial charge >= 0.3 is 0 Å². The lowest BCUT2D eigenvalue weighted by molar-refractivity contribution is 0.310. The van der Waals surface area contributed by atoms with Crippen LogP contribution in [0, 0.1) is 5.92 Å². The number of halogens is 4. The standard InChI is InChI=1S/C10H14Br2Cl2/c1-9(12)6-10(2,14)8(11)5-7(9)3-4-13/h3-4,7-8H,5-6H2,1-2H3/b4-3+/t7?,8-,9+,10+/m0/s1. The number of hydrogen-bond acceptors (Lipinski definition) is 0. The molecule has 0 aliphatic heterocycles. The predicted octanol–water partition coefficient (Wildman–Crippen LogP) is 5.06. The maximum Gasteiger partial charge on any atom is 0.0557 e. The summed E-state index contributed by atoms with van der Waals surface area (Å²) in [5.41, 5.74) is 1.60. The zero-order valence-electron chi connectivity index (χ0n) is 8.24. The van der Waals surface area contributed by atoms with Crippen LogP contribution >= 0.6 is 55.1 Å². The summed E-state index contributed by atoms with van der Waals surface area (Å²) < 4.78 is 0.0408. The van der Waals surface area contributed by atoms with Crippen LogP contribution in [0.5, 0.6) is 0 Å². The predicted molar refractivity (Wildman–Crippen MR) is 72.0 cm³/mol. The van der Waals surface area contributed by atoms with Crippen LogP contribution in [-0.4, -0.2) is 14.0 Å². The van der Waals surface area contributed by atoms with Crippen molar-refractivity contribution in [3.63, 3.8) is 0 Å². The summed E-state index contributed by atoms with van der Waals surface area (Å²) in [5, 5.41) is 0. The van der Waals surface area contributed by atoms with Crippen LogP contribution in [0.4, 0.5) is 0 Å². The highest BCUT2D eigenvalue weighted by atomic mass is 79.9. The lowest BCUT2D eigenvalue weighted by atomic mass is 9.75. The van der Waals surface area contributed by atoms with Crippen LogP contribution < -0.4 is 0 Å².